The molecule has 86 valence electrons. The standard InChI is InChI=1S/C14H18O2/c1-12(2)14(9-6-10-15)16-11-13-7-4-3-5-8-13/h3-5,7-8,12,14-15H,10-11H2,1-2H3. The first kappa shape index (κ1) is 12.8. The summed E-state index contributed by atoms with van der Waals surface area (Å²) in [5.74, 6) is 5.89. The van der Waals surface area contributed by atoms with Crippen LogP contribution in [0, 0.1) is 17.8 Å². The van der Waals surface area contributed by atoms with Crippen LogP contribution < -0.4 is 0 Å². The Labute approximate surface area is 97.3 Å². The fourth-order valence-electron chi connectivity index (χ4n) is 1.31. The fourth-order valence-corrected chi connectivity index (χ4v) is 1.31. The lowest BCUT2D eigenvalue weighted by Gasteiger charge is -2.15. The average Bonchev–Trinajstić information content (AvgIpc) is 2.30. The maximum Gasteiger partial charge on any atom is 0.121 e. The maximum absolute atomic E-state index is 8.65. The number of benzene rings is 1. The highest BCUT2D eigenvalue weighted by atomic mass is 16.5. The molecule has 0 aromatic heterocycles. The lowest BCUT2D eigenvalue weighted by molar-refractivity contribution is 0.0491. The van der Waals surface area contributed by atoms with Crippen molar-refractivity contribution in [3.05, 3.63) is 35.9 Å². The van der Waals surface area contributed by atoms with Crippen LogP contribution in [-0.2, 0) is 11.3 Å². The van der Waals surface area contributed by atoms with Gasteiger partial charge in [-0.2, -0.15) is 0 Å². The Morgan fingerprint density at radius 1 is 1.25 bits per heavy atom. The van der Waals surface area contributed by atoms with E-state index < -0.39 is 0 Å². The number of aliphatic hydroxyl groups is 1. The van der Waals surface area contributed by atoms with Crippen molar-refractivity contribution in [1.82, 2.24) is 0 Å². The lowest BCUT2D eigenvalue weighted by atomic mass is 10.1. The SMILES string of the molecule is CC(C)C(C#CCO)OCc1ccccc1. The second-order valence-corrected chi connectivity index (χ2v) is 3.94. The minimum atomic E-state index is -0.118. The lowest BCUT2D eigenvalue weighted by Crippen LogP contribution is -2.17. The Balaban J connectivity index is 2.50. The third-order valence-electron chi connectivity index (χ3n) is 2.20. The van der Waals surface area contributed by atoms with Crippen LogP contribution in [0.25, 0.3) is 0 Å². The molecule has 1 unspecified atom stereocenters. The van der Waals surface area contributed by atoms with Gasteiger partial charge < -0.3 is 9.84 Å². The summed E-state index contributed by atoms with van der Waals surface area (Å²) in [6.07, 6.45) is -0.118. The third-order valence-corrected chi connectivity index (χ3v) is 2.20. The van der Waals surface area contributed by atoms with Crippen molar-refractivity contribution in [2.75, 3.05) is 6.61 Å². The van der Waals surface area contributed by atoms with E-state index in [1.165, 1.54) is 0 Å². The van der Waals surface area contributed by atoms with Gasteiger partial charge in [-0.05, 0) is 11.5 Å². The minimum Gasteiger partial charge on any atom is -0.384 e. The highest BCUT2D eigenvalue weighted by Crippen LogP contribution is 2.09. The molecule has 1 aromatic carbocycles. The summed E-state index contributed by atoms with van der Waals surface area (Å²) in [5.41, 5.74) is 1.14. The Morgan fingerprint density at radius 2 is 1.94 bits per heavy atom. The molecule has 1 atom stereocenters. The second-order valence-electron chi connectivity index (χ2n) is 3.94. The van der Waals surface area contributed by atoms with Crippen LogP contribution in [0.1, 0.15) is 19.4 Å². The molecule has 1 rings (SSSR count). The summed E-state index contributed by atoms with van der Waals surface area (Å²) in [5, 5.41) is 8.65. The molecule has 0 aliphatic heterocycles. The average molecular weight is 218 g/mol. The van der Waals surface area contributed by atoms with Crippen LogP contribution in [0.3, 0.4) is 0 Å². The molecule has 16 heavy (non-hydrogen) atoms. The van der Waals surface area contributed by atoms with Crippen molar-refractivity contribution in [2.24, 2.45) is 5.92 Å². The van der Waals surface area contributed by atoms with E-state index >= 15 is 0 Å². The van der Waals surface area contributed by atoms with E-state index in [-0.39, 0.29) is 12.7 Å². The van der Waals surface area contributed by atoms with Gasteiger partial charge in [0.2, 0.25) is 0 Å². The minimum absolute atomic E-state index is 0.113. The van der Waals surface area contributed by atoms with Crippen molar-refractivity contribution in [1.29, 1.82) is 0 Å². The molecule has 2 heteroatoms. The van der Waals surface area contributed by atoms with E-state index in [1.807, 2.05) is 30.3 Å². The van der Waals surface area contributed by atoms with Gasteiger partial charge in [-0.15, -0.1) is 0 Å². The molecule has 0 saturated heterocycles. The molecule has 0 fully saturated rings. The molecule has 1 N–H and O–H groups in total. The van der Waals surface area contributed by atoms with Crippen LogP contribution >= 0.6 is 0 Å². The normalized spacial score (nSPS) is 12.0. The first-order valence-electron chi connectivity index (χ1n) is 5.49. The summed E-state index contributed by atoms with van der Waals surface area (Å²) in [4.78, 5) is 0. The van der Waals surface area contributed by atoms with Crippen LogP contribution in [0.4, 0.5) is 0 Å². The Hall–Kier alpha value is -1.30. The van der Waals surface area contributed by atoms with Crippen molar-refractivity contribution >= 4 is 0 Å². The summed E-state index contributed by atoms with van der Waals surface area (Å²) < 4.78 is 5.71. The van der Waals surface area contributed by atoms with Crippen molar-refractivity contribution in [3.63, 3.8) is 0 Å². The predicted octanol–water partition coefficient (Wildman–Crippen LogP) is 2.22. The highest BCUT2D eigenvalue weighted by Gasteiger charge is 2.10. The molecule has 0 saturated carbocycles. The van der Waals surface area contributed by atoms with Crippen molar-refractivity contribution < 1.29 is 9.84 Å². The Morgan fingerprint density at radius 3 is 2.50 bits per heavy atom. The zero-order valence-electron chi connectivity index (χ0n) is 9.81. The number of hydrogen-bond acceptors (Lipinski definition) is 2. The highest BCUT2D eigenvalue weighted by molar-refractivity contribution is 5.14. The van der Waals surface area contributed by atoms with Gasteiger partial charge in [0, 0.05) is 0 Å². The maximum atomic E-state index is 8.65. The topological polar surface area (TPSA) is 29.5 Å². The molecule has 0 radical (unpaired) electrons. The number of rotatable bonds is 4. The Bertz CT molecular complexity index is 346. The fraction of sp³-hybridized carbons (Fsp3) is 0.429. The van der Waals surface area contributed by atoms with Crippen molar-refractivity contribution in [2.45, 2.75) is 26.6 Å². The molecular formula is C14H18O2. The molecular weight excluding hydrogens is 200 g/mol. The smallest absolute Gasteiger partial charge is 0.121 e. The van der Waals surface area contributed by atoms with Gasteiger partial charge in [-0.3, -0.25) is 0 Å². The van der Waals surface area contributed by atoms with E-state index in [2.05, 4.69) is 25.7 Å². The molecule has 1 aromatic rings. The summed E-state index contributed by atoms with van der Waals surface area (Å²) in [6, 6.07) is 10.0. The van der Waals surface area contributed by atoms with E-state index in [9.17, 15) is 0 Å². The second kappa shape index (κ2) is 7.05. The van der Waals surface area contributed by atoms with E-state index in [1.54, 1.807) is 0 Å². The van der Waals surface area contributed by atoms with Crippen LogP contribution in [0.2, 0.25) is 0 Å². The van der Waals surface area contributed by atoms with Crippen molar-refractivity contribution in [3.8, 4) is 11.8 Å². The molecule has 0 spiro atoms. The van der Waals surface area contributed by atoms with Crippen LogP contribution in [-0.4, -0.2) is 17.8 Å². The number of hydrogen-bond donors (Lipinski definition) is 1. The quantitative estimate of drug-likeness (QED) is 0.785. The predicted molar refractivity (Wildman–Crippen MR) is 64.7 cm³/mol. The largest absolute Gasteiger partial charge is 0.384 e. The van der Waals surface area contributed by atoms with E-state index in [0.29, 0.717) is 12.5 Å². The monoisotopic (exact) mass is 218 g/mol. The van der Waals surface area contributed by atoms with E-state index in [0.717, 1.165) is 5.56 Å². The summed E-state index contributed by atoms with van der Waals surface area (Å²) >= 11 is 0. The van der Waals surface area contributed by atoms with Crippen LogP contribution in [0.15, 0.2) is 30.3 Å². The summed E-state index contributed by atoms with van der Waals surface area (Å²) in [6.45, 7) is 4.56. The third kappa shape index (κ3) is 4.48. The molecule has 0 aliphatic carbocycles. The number of aliphatic hydroxyl groups excluding tert-OH is 1. The van der Waals surface area contributed by atoms with Gasteiger partial charge in [-0.1, -0.05) is 56.0 Å². The molecule has 0 amide bonds. The molecule has 0 aliphatic rings. The zero-order chi connectivity index (χ0) is 11.8. The molecule has 2 nitrogen and oxygen atoms in total. The van der Waals surface area contributed by atoms with Gasteiger partial charge in [-0.25, -0.2) is 0 Å². The van der Waals surface area contributed by atoms with Gasteiger partial charge >= 0.3 is 0 Å². The van der Waals surface area contributed by atoms with Gasteiger partial charge in [0.1, 0.15) is 12.7 Å². The Kier molecular flexibility index (Phi) is 5.63. The molecule has 0 heterocycles. The zero-order valence-corrected chi connectivity index (χ0v) is 9.81. The van der Waals surface area contributed by atoms with Gasteiger partial charge in [0.15, 0.2) is 0 Å². The summed E-state index contributed by atoms with van der Waals surface area (Å²) in [7, 11) is 0. The molecule has 0 bridgehead atoms. The first-order chi connectivity index (χ1) is 7.74. The first-order valence-corrected chi connectivity index (χ1v) is 5.49. The van der Waals surface area contributed by atoms with Crippen LogP contribution in [0.5, 0.6) is 0 Å². The van der Waals surface area contributed by atoms with E-state index in [4.69, 9.17) is 9.84 Å². The van der Waals surface area contributed by atoms with Gasteiger partial charge in [0.05, 0.1) is 6.61 Å². The number of ether oxygens (including phenoxy) is 1. The van der Waals surface area contributed by atoms with Gasteiger partial charge in [0.25, 0.3) is 0 Å².